The zero-order chi connectivity index (χ0) is 19.4. The van der Waals surface area contributed by atoms with Crippen molar-refractivity contribution in [2.24, 2.45) is 10.7 Å². The standard InChI is InChI=1S/C21H24FN3OS/c1-3-4-14-5-7-15(8-6-14)19(26)24-18-13-16(9-10-17(18)22)21(2)11-12-27-20(23)25-21/h5-10,13H,3-4,11-12H2,1-2H3,(H2,23,25)(H,24,26). The van der Waals surface area contributed by atoms with Gasteiger partial charge < -0.3 is 11.1 Å². The molecule has 2 aromatic carbocycles. The van der Waals surface area contributed by atoms with Crippen LogP contribution in [0, 0.1) is 5.82 Å². The van der Waals surface area contributed by atoms with Crippen LogP contribution in [0.5, 0.6) is 0 Å². The number of nitrogens with one attached hydrogen (secondary N) is 1. The Balaban J connectivity index is 1.82. The molecule has 142 valence electrons. The van der Waals surface area contributed by atoms with Crippen molar-refractivity contribution in [2.45, 2.75) is 38.6 Å². The lowest BCUT2D eigenvalue weighted by atomic mass is 9.89. The van der Waals surface area contributed by atoms with E-state index in [0.29, 0.717) is 10.7 Å². The van der Waals surface area contributed by atoms with E-state index in [0.717, 1.165) is 30.6 Å². The number of hydrogen-bond acceptors (Lipinski definition) is 4. The van der Waals surface area contributed by atoms with Gasteiger partial charge in [0.1, 0.15) is 5.82 Å². The first kappa shape index (κ1) is 19.4. The van der Waals surface area contributed by atoms with Crippen LogP contribution in [0.15, 0.2) is 47.5 Å². The number of carbonyl (C=O) groups excluding carboxylic acids is 1. The summed E-state index contributed by atoms with van der Waals surface area (Å²) in [5.41, 5.74) is 8.04. The largest absolute Gasteiger partial charge is 0.379 e. The van der Waals surface area contributed by atoms with Crippen LogP contribution in [-0.4, -0.2) is 16.8 Å². The number of amidine groups is 1. The SMILES string of the molecule is CCCc1ccc(C(=O)Nc2cc(C3(C)CCSC(N)=N3)ccc2F)cc1. The highest BCUT2D eigenvalue weighted by molar-refractivity contribution is 8.13. The molecule has 1 amide bonds. The molecule has 0 saturated carbocycles. The number of nitrogens with zero attached hydrogens (tertiary/aromatic N) is 1. The van der Waals surface area contributed by atoms with Crippen molar-refractivity contribution in [1.29, 1.82) is 0 Å². The van der Waals surface area contributed by atoms with Gasteiger partial charge in [0, 0.05) is 11.3 Å². The van der Waals surface area contributed by atoms with Crippen molar-refractivity contribution in [3.05, 3.63) is 65.0 Å². The number of halogens is 1. The summed E-state index contributed by atoms with van der Waals surface area (Å²) in [5, 5.41) is 3.22. The molecule has 1 aliphatic heterocycles. The van der Waals surface area contributed by atoms with Gasteiger partial charge in [0.15, 0.2) is 5.17 Å². The summed E-state index contributed by atoms with van der Waals surface area (Å²) in [5.74, 6) is 0.0524. The Kier molecular flexibility index (Phi) is 5.85. The van der Waals surface area contributed by atoms with Gasteiger partial charge in [0.25, 0.3) is 5.91 Å². The van der Waals surface area contributed by atoms with Gasteiger partial charge in [-0.3, -0.25) is 9.79 Å². The first-order chi connectivity index (χ1) is 12.9. The number of aryl methyl sites for hydroxylation is 1. The van der Waals surface area contributed by atoms with Crippen molar-refractivity contribution >= 4 is 28.5 Å². The summed E-state index contributed by atoms with van der Waals surface area (Å²) < 4.78 is 14.3. The number of aliphatic imine (C=N–C) groups is 1. The maximum atomic E-state index is 14.3. The van der Waals surface area contributed by atoms with E-state index in [9.17, 15) is 9.18 Å². The van der Waals surface area contributed by atoms with Crippen molar-refractivity contribution in [3.63, 3.8) is 0 Å². The molecular formula is C21H24FN3OS. The minimum Gasteiger partial charge on any atom is -0.379 e. The summed E-state index contributed by atoms with van der Waals surface area (Å²) in [7, 11) is 0. The molecule has 1 unspecified atom stereocenters. The lowest BCUT2D eigenvalue weighted by Crippen LogP contribution is -2.29. The monoisotopic (exact) mass is 385 g/mol. The van der Waals surface area contributed by atoms with Crippen molar-refractivity contribution in [3.8, 4) is 0 Å². The molecule has 0 spiro atoms. The summed E-state index contributed by atoms with van der Waals surface area (Å²) in [6, 6.07) is 12.1. The molecule has 2 aromatic rings. The van der Waals surface area contributed by atoms with E-state index in [-0.39, 0.29) is 11.6 Å². The molecule has 0 aromatic heterocycles. The van der Waals surface area contributed by atoms with Gasteiger partial charge in [0.2, 0.25) is 0 Å². The van der Waals surface area contributed by atoms with Crippen LogP contribution in [0.25, 0.3) is 0 Å². The zero-order valence-corrected chi connectivity index (χ0v) is 16.4. The number of benzene rings is 2. The number of anilines is 1. The Hall–Kier alpha value is -2.34. The molecule has 27 heavy (non-hydrogen) atoms. The molecule has 1 aliphatic rings. The highest BCUT2D eigenvalue weighted by Crippen LogP contribution is 2.36. The molecular weight excluding hydrogens is 361 g/mol. The molecule has 1 atom stereocenters. The van der Waals surface area contributed by atoms with Gasteiger partial charge in [-0.05, 0) is 55.2 Å². The highest BCUT2D eigenvalue weighted by Gasteiger charge is 2.30. The van der Waals surface area contributed by atoms with Gasteiger partial charge in [-0.2, -0.15) is 0 Å². The molecule has 0 radical (unpaired) electrons. The van der Waals surface area contributed by atoms with Gasteiger partial charge in [-0.15, -0.1) is 0 Å². The van der Waals surface area contributed by atoms with Gasteiger partial charge in [0.05, 0.1) is 11.2 Å². The second-order valence-corrected chi connectivity index (χ2v) is 8.03. The Bertz CT molecular complexity index is 866. The second kappa shape index (κ2) is 8.13. The average molecular weight is 386 g/mol. The Labute approximate surface area is 163 Å². The van der Waals surface area contributed by atoms with Gasteiger partial charge in [-0.25, -0.2) is 4.39 Å². The van der Waals surface area contributed by atoms with E-state index >= 15 is 0 Å². The van der Waals surface area contributed by atoms with Crippen LogP contribution in [-0.2, 0) is 12.0 Å². The molecule has 3 rings (SSSR count). The Morgan fingerprint density at radius 2 is 2.04 bits per heavy atom. The maximum absolute atomic E-state index is 14.3. The first-order valence-corrected chi connectivity index (χ1v) is 10.1. The Morgan fingerprint density at radius 1 is 1.30 bits per heavy atom. The summed E-state index contributed by atoms with van der Waals surface area (Å²) in [6.45, 7) is 4.09. The fourth-order valence-corrected chi connectivity index (χ4v) is 4.13. The minimum atomic E-state index is -0.510. The fraction of sp³-hybridized carbons (Fsp3) is 0.333. The lowest BCUT2D eigenvalue weighted by molar-refractivity contribution is 0.102. The minimum absolute atomic E-state index is 0.156. The van der Waals surface area contributed by atoms with E-state index < -0.39 is 11.4 Å². The summed E-state index contributed by atoms with van der Waals surface area (Å²) in [6.07, 6.45) is 2.82. The third-order valence-corrected chi connectivity index (χ3v) is 5.58. The summed E-state index contributed by atoms with van der Waals surface area (Å²) >= 11 is 1.52. The number of hydrogen-bond donors (Lipinski definition) is 2. The number of rotatable bonds is 5. The molecule has 0 aliphatic carbocycles. The van der Waals surface area contributed by atoms with Crippen LogP contribution in [0.2, 0.25) is 0 Å². The normalized spacial score (nSPS) is 19.4. The number of amides is 1. The molecule has 0 fully saturated rings. The van der Waals surface area contributed by atoms with Crippen molar-refractivity contribution in [1.82, 2.24) is 0 Å². The van der Waals surface area contributed by atoms with Crippen LogP contribution in [0.3, 0.4) is 0 Å². The topological polar surface area (TPSA) is 67.5 Å². The fourth-order valence-electron chi connectivity index (χ4n) is 3.16. The number of nitrogens with two attached hydrogens (primary N) is 1. The van der Waals surface area contributed by atoms with Crippen LogP contribution >= 0.6 is 11.8 Å². The first-order valence-electron chi connectivity index (χ1n) is 9.10. The molecule has 3 N–H and O–H groups in total. The quantitative estimate of drug-likeness (QED) is 0.784. The molecule has 0 bridgehead atoms. The molecule has 4 nitrogen and oxygen atoms in total. The predicted octanol–water partition coefficient (Wildman–Crippen LogP) is 4.70. The van der Waals surface area contributed by atoms with E-state index in [2.05, 4.69) is 17.2 Å². The van der Waals surface area contributed by atoms with E-state index in [1.54, 1.807) is 24.3 Å². The highest BCUT2D eigenvalue weighted by atomic mass is 32.2. The van der Waals surface area contributed by atoms with Crippen molar-refractivity contribution < 1.29 is 9.18 Å². The van der Waals surface area contributed by atoms with Crippen molar-refractivity contribution in [2.75, 3.05) is 11.1 Å². The van der Waals surface area contributed by atoms with Gasteiger partial charge >= 0.3 is 0 Å². The molecule has 0 saturated heterocycles. The Morgan fingerprint density at radius 3 is 2.70 bits per heavy atom. The van der Waals surface area contributed by atoms with Gasteiger partial charge in [-0.1, -0.05) is 43.3 Å². The van der Waals surface area contributed by atoms with Crippen LogP contribution in [0.1, 0.15) is 48.2 Å². The zero-order valence-electron chi connectivity index (χ0n) is 15.6. The number of thioether (sulfide) groups is 1. The third-order valence-electron chi connectivity index (χ3n) is 4.79. The average Bonchev–Trinajstić information content (AvgIpc) is 2.64. The number of carbonyl (C=O) groups is 1. The van der Waals surface area contributed by atoms with Crippen LogP contribution in [0.4, 0.5) is 10.1 Å². The summed E-state index contributed by atoms with van der Waals surface area (Å²) in [4.78, 5) is 17.1. The maximum Gasteiger partial charge on any atom is 0.255 e. The smallest absolute Gasteiger partial charge is 0.255 e. The van der Waals surface area contributed by atoms with E-state index in [4.69, 9.17) is 5.73 Å². The molecule has 1 heterocycles. The van der Waals surface area contributed by atoms with E-state index in [1.807, 2.05) is 19.1 Å². The predicted molar refractivity (Wildman–Crippen MR) is 111 cm³/mol. The second-order valence-electron chi connectivity index (χ2n) is 6.92. The lowest BCUT2D eigenvalue weighted by Gasteiger charge is -2.30. The van der Waals surface area contributed by atoms with E-state index in [1.165, 1.54) is 23.4 Å². The molecule has 6 heteroatoms. The van der Waals surface area contributed by atoms with Crippen LogP contribution < -0.4 is 11.1 Å². The third kappa shape index (κ3) is 4.50.